The van der Waals surface area contributed by atoms with Gasteiger partial charge in [0, 0.05) is 17.3 Å². The summed E-state index contributed by atoms with van der Waals surface area (Å²) >= 11 is 0. The molecule has 3 aliphatic carbocycles. The van der Waals surface area contributed by atoms with Gasteiger partial charge < -0.3 is 0 Å². The smallest absolute Gasteiger partial charge is 0.159 e. The number of nitrogens with zero attached hydrogens (tertiary/aromatic N) is 3. The van der Waals surface area contributed by atoms with E-state index in [0.29, 0.717) is 12.8 Å². The average Bonchev–Trinajstić information content (AvgIpc) is 2.37. The number of ketones is 1. The molecular formula is C16H17N3O. The van der Waals surface area contributed by atoms with Gasteiger partial charge in [0.2, 0.25) is 0 Å². The molecule has 2 atom stereocenters. The topological polar surface area (TPSA) is 65.8 Å². The van der Waals surface area contributed by atoms with Crippen molar-refractivity contribution in [2.75, 3.05) is 0 Å². The summed E-state index contributed by atoms with van der Waals surface area (Å²) in [6.45, 7) is 4.09. The third-order valence-electron chi connectivity index (χ3n) is 4.54. The van der Waals surface area contributed by atoms with Crippen LogP contribution in [0.3, 0.4) is 0 Å². The molecule has 0 radical (unpaired) electrons. The number of hydrogen-bond donors (Lipinski definition) is 0. The second-order valence-corrected chi connectivity index (χ2v) is 5.79. The summed E-state index contributed by atoms with van der Waals surface area (Å²) < 4.78 is 0. The number of allylic oxidation sites excluding steroid dienone is 4. The van der Waals surface area contributed by atoms with Crippen LogP contribution in [0.1, 0.15) is 33.1 Å². The SMILES string of the molecule is CC=C1C2C=C(C)CC1(N=[N+]=[N-])C1=C(CC(=O)C=C1)C2. The van der Waals surface area contributed by atoms with Crippen molar-refractivity contribution < 1.29 is 4.79 Å². The zero-order valence-electron chi connectivity index (χ0n) is 11.8. The van der Waals surface area contributed by atoms with E-state index in [4.69, 9.17) is 5.53 Å². The van der Waals surface area contributed by atoms with Gasteiger partial charge in [0.15, 0.2) is 5.78 Å². The van der Waals surface area contributed by atoms with Crippen molar-refractivity contribution in [3.8, 4) is 0 Å². The Morgan fingerprint density at radius 3 is 3.00 bits per heavy atom. The molecule has 0 aromatic heterocycles. The molecule has 0 saturated carbocycles. The fraction of sp³-hybridized carbons (Fsp3) is 0.438. The molecule has 0 aliphatic heterocycles. The minimum Gasteiger partial charge on any atom is -0.294 e. The normalized spacial score (nSPS) is 33.7. The molecule has 3 aliphatic rings. The fourth-order valence-electron chi connectivity index (χ4n) is 3.94. The van der Waals surface area contributed by atoms with Gasteiger partial charge in [0.25, 0.3) is 0 Å². The number of carbonyl (C=O) groups is 1. The molecule has 2 bridgehead atoms. The van der Waals surface area contributed by atoms with Gasteiger partial charge in [0.05, 0.1) is 5.54 Å². The Labute approximate surface area is 118 Å². The van der Waals surface area contributed by atoms with E-state index in [0.717, 1.165) is 17.6 Å². The Balaban J connectivity index is 2.26. The molecule has 0 saturated heterocycles. The van der Waals surface area contributed by atoms with Gasteiger partial charge in [-0.15, -0.1) is 0 Å². The highest BCUT2D eigenvalue weighted by Crippen LogP contribution is 2.53. The number of azide groups is 1. The molecule has 102 valence electrons. The molecule has 2 unspecified atom stereocenters. The van der Waals surface area contributed by atoms with Crippen molar-refractivity contribution in [1.82, 2.24) is 0 Å². The van der Waals surface area contributed by atoms with Crippen LogP contribution >= 0.6 is 0 Å². The Morgan fingerprint density at radius 1 is 1.50 bits per heavy atom. The molecule has 0 N–H and O–H groups in total. The lowest BCUT2D eigenvalue weighted by molar-refractivity contribution is -0.114. The fourth-order valence-corrected chi connectivity index (χ4v) is 3.94. The van der Waals surface area contributed by atoms with Gasteiger partial charge in [-0.3, -0.25) is 4.79 Å². The maximum Gasteiger partial charge on any atom is 0.159 e. The minimum absolute atomic E-state index is 0.141. The Kier molecular flexibility index (Phi) is 2.91. The van der Waals surface area contributed by atoms with E-state index in [2.05, 4.69) is 29.1 Å². The summed E-state index contributed by atoms with van der Waals surface area (Å²) in [4.78, 5) is 14.8. The van der Waals surface area contributed by atoms with E-state index in [1.807, 2.05) is 13.0 Å². The molecule has 0 fully saturated rings. The molecule has 4 heteroatoms. The summed E-state index contributed by atoms with van der Waals surface area (Å²) in [5, 5.41) is 4.20. The van der Waals surface area contributed by atoms with E-state index in [1.54, 1.807) is 6.08 Å². The quantitative estimate of drug-likeness (QED) is 0.304. The van der Waals surface area contributed by atoms with Crippen LogP contribution in [0, 0.1) is 5.92 Å². The largest absolute Gasteiger partial charge is 0.294 e. The number of rotatable bonds is 1. The second-order valence-electron chi connectivity index (χ2n) is 5.79. The van der Waals surface area contributed by atoms with Gasteiger partial charge >= 0.3 is 0 Å². The lowest BCUT2D eigenvalue weighted by Crippen LogP contribution is -2.42. The summed E-state index contributed by atoms with van der Waals surface area (Å²) in [6.07, 6.45) is 9.87. The van der Waals surface area contributed by atoms with Gasteiger partial charge in [-0.05, 0) is 43.9 Å². The van der Waals surface area contributed by atoms with Crippen LogP contribution in [-0.4, -0.2) is 11.3 Å². The van der Waals surface area contributed by atoms with E-state index < -0.39 is 5.54 Å². The van der Waals surface area contributed by atoms with Crippen molar-refractivity contribution >= 4 is 5.78 Å². The summed E-state index contributed by atoms with van der Waals surface area (Å²) in [5.41, 5.74) is 13.1. The van der Waals surface area contributed by atoms with Crippen molar-refractivity contribution in [2.24, 2.45) is 11.0 Å². The van der Waals surface area contributed by atoms with Gasteiger partial charge in [-0.25, -0.2) is 0 Å². The van der Waals surface area contributed by atoms with E-state index in [9.17, 15) is 4.79 Å². The van der Waals surface area contributed by atoms with Gasteiger partial charge in [0.1, 0.15) is 0 Å². The van der Waals surface area contributed by atoms with E-state index in [1.165, 1.54) is 11.1 Å². The van der Waals surface area contributed by atoms with Crippen LogP contribution in [-0.2, 0) is 4.79 Å². The van der Waals surface area contributed by atoms with Crippen molar-refractivity contribution in [3.05, 3.63) is 57.0 Å². The van der Waals surface area contributed by atoms with Crippen molar-refractivity contribution in [3.63, 3.8) is 0 Å². The monoisotopic (exact) mass is 267 g/mol. The van der Waals surface area contributed by atoms with E-state index >= 15 is 0 Å². The van der Waals surface area contributed by atoms with Crippen LogP contribution in [0.4, 0.5) is 0 Å². The zero-order chi connectivity index (χ0) is 14.3. The van der Waals surface area contributed by atoms with Crippen molar-refractivity contribution in [2.45, 2.75) is 38.6 Å². The summed E-state index contributed by atoms with van der Waals surface area (Å²) in [6, 6.07) is 0. The minimum atomic E-state index is -0.613. The highest BCUT2D eigenvalue weighted by Gasteiger charge is 2.47. The Bertz CT molecular complexity index is 659. The molecule has 0 heterocycles. The maximum absolute atomic E-state index is 11.7. The first-order chi connectivity index (χ1) is 9.60. The maximum atomic E-state index is 11.7. The third-order valence-corrected chi connectivity index (χ3v) is 4.54. The third kappa shape index (κ3) is 1.69. The molecule has 0 aromatic carbocycles. The summed E-state index contributed by atoms with van der Waals surface area (Å²) in [5.74, 6) is 0.403. The van der Waals surface area contributed by atoms with Crippen molar-refractivity contribution in [1.29, 1.82) is 0 Å². The molecule has 0 aromatic rings. The lowest BCUT2D eigenvalue weighted by atomic mass is 9.61. The zero-order valence-corrected chi connectivity index (χ0v) is 11.8. The van der Waals surface area contributed by atoms with E-state index in [-0.39, 0.29) is 11.7 Å². The van der Waals surface area contributed by atoms with Crippen LogP contribution < -0.4 is 0 Å². The standard InChI is InChI=1S/C16H17N3O/c1-3-14-11-6-10(2)9-16(14,18-19-17)15-5-4-13(20)8-12(15)7-11/h3-6,11H,7-9H2,1-2H3. The first kappa shape index (κ1) is 12.9. The molecular weight excluding hydrogens is 250 g/mol. The molecule has 3 rings (SSSR count). The molecule has 0 spiro atoms. The average molecular weight is 267 g/mol. The highest BCUT2D eigenvalue weighted by atomic mass is 16.1. The molecule has 4 nitrogen and oxygen atoms in total. The second kappa shape index (κ2) is 4.50. The van der Waals surface area contributed by atoms with Crippen LogP contribution in [0.15, 0.2) is 51.7 Å². The highest BCUT2D eigenvalue weighted by molar-refractivity contribution is 5.94. The predicted molar refractivity (Wildman–Crippen MR) is 77.9 cm³/mol. The first-order valence-corrected chi connectivity index (χ1v) is 6.94. The van der Waals surface area contributed by atoms with Crippen LogP contribution in [0.2, 0.25) is 0 Å². The number of hydrogen-bond acceptors (Lipinski definition) is 2. The molecule has 0 amide bonds. The van der Waals surface area contributed by atoms with Crippen LogP contribution in [0.5, 0.6) is 0 Å². The first-order valence-electron chi connectivity index (χ1n) is 6.94. The Morgan fingerprint density at radius 2 is 2.30 bits per heavy atom. The van der Waals surface area contributed by atoms with Gasteiger partial charge in [-0.1, -0.05) is 40.1 Å². The number of fused-ring (bicyclic) bond motifs is 3. The van der Waals surface area contributed by atoms with Crippen LogP contribution in [0.25, 0.3) is 10.4 Å². The summed E-state index contributed by atoms with van der Waals surface area (Å²) in [7, 11) is 0. The predicted octanol–water partition coefficient (Wildman–Crippen LogP) is 4.18. The molecule has 20 heavy (non-hydrogen) atoms. The van der Waals surface area contributed by atoms with Gasteiger partial charge in [-0.2, -0.15) is 0 Å². The Hall–Kier alpha value is -2.06. The lowest BCUT2D eigenvalue weighted by Gasteiger charge is -2.46. The number of carbonyl (C=O) groups excluding carboxylic acids is 1.